The highest BCUT2D eigenvalue weighted by atomic mass is 32.1. The number of nitrogens with one attached hydrogen (secondary N) is 1. The van der Waals surface area contributed by atoms with Gasteiger partial charge in [-0.05, 0) is 6.07 Å². The van der Waals surface area contributed by atoms with Crippen LogP contribution in [0.2, 0.25) is 0 Å². The number of aromatic nitrogens is 2. The predicted molar refractivity (Wildman–Crippen MR) is 80.6 cm³/mol. The molecule has 2 heterocycles. The lowest BCUT2D eigenvalue weighted by atomic mass is 10.1. The van der Waals surface area contributed by atoms with Crippen LogP contribution in [0.15, 0.2) is 35.8 Å². The van der Waals surface area contributed by atoms with Gasteiger partial charge in [0.25, 0.3) is 0 Å². The molecule has 0 aliphatic heterocycles. The fourth-order valence-corrected chi connectivity index (χ4v) is 2.98. The summed E-state index contributed by atoms with van der Waals surface area (Å²) in [5.74, 6) is -0.102. The smallest absolute Gasteiger partial charge is 0.223 e. The quantitative estimate of drug-likeness (QED) is 0.581. The molecule has 21 heavy (non-hydrogen) atoms. The zero-order valence-corrected chi connectivity index (χ0v) is 12.4. The summed E-state index contributed by atoms with van der Waals surface area (Å²) in [6.45, 7) is 0. The molecule has 3 aromatic rings. The third-order valence-electron chi connectivity index (χ3n) is 3.22. The van der Waals surface area contributed by atoms with Crippen LogP contribution in [-0.2, 0) is 9.47 Å². The van der Waals surface area contributed by atoms with Crippen molar-refractivity contribution in [3.05, 3.63) is 52.1 Å². The second-order valence-corrected chi connectivity index (χ2v) is 5.32. The molecule has 1 aromatic carbocycles. The lowest BCUT2D eigenvalue weighted by Crippen LogP contribution is -2.06. The van der Waals surface area contributed by atoms with Crippen molar-refractivity contribution in [1.82, 2.24) is 9.97 Å². The minimum atomic E-state index is -0.550. The third-order valence-corrected chi connectivity index (χ3v) is 4.08. The second-order valence-electron chi connectivity index (χ2n) is 4.46. The lowest BCUT2D eigenvalue weighted by Gasteiger charge is -2.09. The molecule has 0 unspecified atom stereocenters. The number of carbonyl (C=O) groups is 1. The van der Waals surface area contributed by atoms with Crippen LogP contribution in [0.5, 0.6) is 0 Å². The van der Waals surface area contributed by atoms with E-state index in [1.165, 1.54) is 25.6 Å². The number of benzene rings is 1. The van der Waals surface area contributed by atoms with E-state index in [9.17, 15) is 4.79 Å². The molecule has 1 N–H and O–H groups in total. The number of carbonyl (C=O) groups excluding carboxylic acids is 1. The predicted octanol–water partition coefficient (Wildman–Crippen LogP) is 3.15. The first-order valence-electron chi connectivity index (χ1n) is 6.36. The van der Waals surface area contributed by atoms with E-state index in [0.717, 1.165) is 10.9 Å². The van der Waals surface area contributed by atoms with Crippen LogP contribution in [-0.4, -0.2) is 30.0 Å². The topological polar surface area (TPSA) is 64.2 Å². The number of rotatable bonds is 5. The number of ketones is 1. The van der Waals surface area contributed by atoms with Gasteiger partial charge in [0.15, 0.2) is 5.01 Å². The van der Waals surface area contributed by atoms with Crippen molar-refractivity contribution in [3.8, 4) is 0 Å². The molecule has 5 nitrogen and oxygen atoms in total. The Balaban J connectivity index is 1.95. The summed E-state index contributed by atoms with van der Waals surface area (Å²) in [4.78, 5) is 20.0. The van der Waals surface area contributed by atoms with Gasteiger partial charge < -0.3 is 14.5 Å². The van der Waals surface area contributed by atoms with Gasteiger partial charge in [0, 0.05) is 36.7 Å². The SMILES string of the molecule is COC(OC)c1csc(C(=O)c2c[nH]c3ccccc23)n1. The maximum Gasteiger partial charge on any atom is 0.223 e. The second kappa shape index (κ2) is 5.77. The fourth-order valence-electron chi connectivity index (χ4n) is 2.21. The monoisotopic (exact) mass is 302 g/mol. The summed E-state index contributed by atoms with van der Waals surface area (Å²) in [6.07, 6.45) is 1.17. The summed E-state index contributed by atoms with van der Waals surface area (Å²) < 4.78 is 10.3. The summed E-state index contributed by atoms with van der Waals surface area (Å²) in [5.41, 5.74) is 2.16. The molecule has 0 saturated heterocycles. The first-order valence-corrected chi connectivity index (χ1v) is 7.24. The van der Waals surface area contributed by atoms with E-state index >= 15 is 0 Å². The zero-order valence-electron chi connectivity index (χ0n) is 11.6. The highest BCUT2D eigenvalue weighted by molar-refractivity contribution is 7.12. The molecule has 0 radical (unpaired) electrons. The Morgan fingerprint density at radius 1 is 1.29 bits per heavy atom. The van der Waals surface area contributed by atoms with Gasteiger partial charge in [0.2, 0.25) is 12.1 Å². The third kappa shape index (κ3) is 2.49. The summed E-state index contributed by atoms with van der Waals surface area (Å²) in [5, 5.41) is 3.10. The van der Waals surface area contributed by atoms with E-state index in [0.29, 0.717) is 16.3 Å². The van der Waals surface area contributed by atoms with Crippen molar-refractivity contribution >= 4 is 28.0 Å². The first kappa shape index (κ1) is 13.9. The maximum absolute atomic E-state index is 12.6. The maximum atomic E-state index is 12.6. The molecule has 0 aliphatic carbocycles. The molecule has 0 atom stereocenters. The van der Waals surface area contributed by atoms with Crippen molar-refractivity contribution in [1.29, 1.82) is 0 Å². The van der Waals surface area contributed by atoms with Crippen molar-refractivity contribution < 1.29 is 14.3 Å². The van der Waals surface area contributed by atoms with Crippen LogP contribution < -0.4 is 0 Å². The number of nitrogens with zero attached hydrogens (tertiary/aromatic N) is 1. The number of hydrogen-bond donors (Lipinski definition) is 1. The van der Waals surface area contributed by atoms with E-state index in [2.05, 4.69) is 9.97 Å². The Hall–Kier alpha value is -2.02. The van der Waals surface area contributed by atoms with Crippen molar-refractivity contribution in [3.63, 3.8) is 0 Å². The number of ether oxygens (including phenoxy) is 2. The minimum absolute atomic E-state index is 0.102. The molecule has 6 heteroatoms. The Morgan fingerprint density at radius 2 is 2.05 bits per heavy atom. The molecule has 0 fully saturated rings. The molecular formula is C15H14N2O3S. The first-order chi connectivity index (χ1) is 10.2. The van der Waals surface area contributed by atoms with Gasteiger partial charge in [-0.15, -0.1) is 11.3 Å². The zero-order chi connectivity index (χ0) is 14.8. The Kier molecular flexibility index (Phi) is 3.83. The van der Waals surface area contributed by atoms with Gasteiger partial charge >= 0.3 is 0 Å². The lowest BCUT2D eigenvalue weighted by molar-refractivity contribution is -0.108. The number of hydrogen-bond acceptors (Lipinski definition) is 5. The highest BCUT2D eigenvalue weighted by Crippen LogP contribution is 2.25. The van der Waals surface area contributed by atoms with Gasteiger partial charge in [-0.2, -0.15) is 0 Å². The summed E-state index contributed by atoms with van der Waals surface area (Å²) in [6, 6.07) is 7.69. The molecule has 0 aliphatic rings. The molecule has 2 aromatic heterocycles. The Bertz CT molecular complexity index is 774. The van der Waals surface area contributed by atoms with Crippen molar-refractivity contribution in [2.24, 2.45) is 0 Å². The number of thiazole rings is 1. The molecule has 0 saturated carbocycles. The standard InChI is InChI=1S/C15H14N2O3S/c1-19-15(20-2)12-8-21-14(17-12)13(18)10-7-16-11-6-4-3-5-9(10)11/h3-8,15-16H,1-2H3. The van der Waals surface area contributed by atoms with Crippen molar-refractivity contribution in [2.45, 2.75) is 6.29 Å². The number of fused-ring (bicyclic) bond motifs is 1. The summed E-state index contributed by atoms with van der Waals surface area (Å²) >= 11 is 1.29. The van der Waals surface area contributed by atoms with Crippen LogP contribution in [0.1, 0.15) is 27.3 Å². The highest BCUT2D eigenvalue weighted by Gasteiger charge is 2.20. The average molecular weight is 302 g/mol. The number of H-pyrrole nitrogens is 1. The average Bonchev–Trinajstić information content (AvgIpc) is 3.15. The summed E-state index contributed by atoms with van der Waals surface area (Å²) in [7, 11) is 3.07. The van der Waals surface area contributed by atoms with Gasteiger partial charge in [0.1, 0.15) is 5.69 Å². The Labute approximate surface area is 125 Å². The van der Waals surface area contributed by atoms with Crippen molar-refractivity contribution in [2.75, 3.05) is 14.2 Å². The fraction of sp³-hybridized carbons (Fsp3) is 0.200. The normalized spacial score (nSPS) is 11.4. The molecule has 0 spiro atoms. The van der Waals surface area contributed by atoms with Gasteiger partial charge in [-0.1, -0.05) is 18.2 Å². The molecule has 0 bridgehead atoms. The van der Waals surface area contributed by atoms with E-state index in [1.807, 2.05) is 24.3 Å². The Morgan fingerprint density at radius 3 is 2.81 bits per heavy atom. The van der Waals surface area contributed by atoms with Crippen LogP contribution in [0.25, 0.3) is 10.9 Å². The van der Waals surface area contributed by atoms with E-state index in [-0.39, 0.29) is 5.78 Å². The van der Waals surface area contributed by atoms with Crippen LogP contribution in [0.4, 0.5) is 0 Å². The number of aromatic amines is 1. The number of para-hydroxylation sites is 1. The van der Waals surface area contributed by atoms with E-state index < -0.39 is 6.29 Å². The van der Waals surface area contributed by atoms with Gasteiger partial charge in [0.05, 0.1) is 5.56 Å². The minimum Gasteiger partial charge on any atom is -0.360 e. The van der Waals surface area contributed by atoms with Crippen LogP contribution in [0.3, 0.4) is 0 Å². The van der Waals surface area contributed by atoms with Crippen LogP contribution in [0, 0.1) is 0 Å². The largest absolute Gasteiger partial charge is 0.360 e. The van der Waals surface area contributed by atoms with Crippen LogP contribution >= 0.6 is 11.3 Å². The number of methoxy groups -OCH3 is 2. The molecule has 0 amide bonds. The molecular weight excluding hydrogens is 288 g/mol. The van der Waals surface area contributed by atoms with E-state index in [1.54, 1.807) is 11.6 Å². The van der Waals surface area contributed by atoms with Gasteiger partial charge in [-0.3, -0.25) is 4.79 Å². The van der Waals surface area contributed by atoms with Gasteiger partial charge in [-0.25, -0.2) is 4.98 Å². The molecule has 108 valence electrons. The van der Waals surface area contributed by atoms with E-state index in [4.69, 9.17) is 9.47 Å². The molecule has 3 rings (SSSR count).